The van der Waals surface area contributed by atoms with E-state index in [-0.39, 0.29) is 19.0 Å². The van der Waals surface area contributed by atoms with Crippen LogP contribution in [0.4, 0.5) is 8.78 Å². The number of halogens is 2. The van der Waals surface area contributed by atoms with Crippen LogP contribution in [-0.4, -0.2) is 36.2 Å². The fourth-order valence-electron chi connectivity index (χ4n) is 2.52. The van der Waals surface area contributed by atoms with E-state index in [4.69, 9.17) is 4.42 Å². The highest BCUT2D eigenvalue weighted by Gasteiger charge is 2.36. The normalized spacial score (nSPS) is 22.6. The Hall–Kier alpha value is -1.91. The molecule has 1 aliphatic heterocycles. The van der Waals surface area contributed by atoms with Crippen molar-refractivity contribution < 1.29 is 18.0 Å². The molecule has 0 unspecified atom stereocenters. The van der Waals surface area contributed by atoms with E-state index in [1.807, 2.05) is 25.1 Å². The third-order valence-electron chi connectivity index (χ3n) is 3.75. The van der Waals surface area contributed by atoms with Crippen LogP contribution in [0.1, 0.15) is 22.8 Å². The minimum absolute atomic E-state index is 0.194. The van der Waals surface area contributed by atoms with E-state index >= 15 is 0 Å². The Kier molecular flexibility index (Phi) is 3.20. The largest absolute Gasteiger partial charge is 0.463 e. The maximum Gasteiger partial charge on any atom is 0.257 e. The lowest BCUT2D eigenvalue weighted by Crippen LogP contribution is -2.29. The van der Waals surface area contributed by atoms with Crippen molar-refractivity contribution in [1.29, 1.82) is 0 Å². The van der Waals surface area contributed by atoms with Crippen LogP contribution in [0.2, 0.25) is 0 Å². The van der Waals surface area contributed by atoms with Crippen LogP contribution in [0, 0.1) is 0 Å². The molecule has 1 aliphatic rings. The fourth-order valence-corrected chi connectivity index (χ4v) is 2.52. The van der Waals surface area contributed by atoms with Gasteiger partial charge in [0.25, 0.3) is 5.91 Å². The average Bonchev–Trinajstić information content (AvgIpc) is 3.01. The molecule has 3 rings (SSSR count). The molecule has 5 heteroatoms. The monoisotopic (exact) mass is 279 g/mol. The molecule has 0 radical (unpaired) electrons. The molecule has 1 amide bonds. The predicted octanol–water partition coefficient (Wildman–Crippen LogP) is 3.13. The lowest BCUT2D eigenvalue weighted by Gasteiger charge is -2.13. The zero-order chi connectivity index (χ0) is 14.3. The summed E-state index contributed by atoms with van der Waals surface area (Å²) in [5.41, 5.74) is 2.07. The standard InChI is InChI=1S/C15H15F2NO2/c1-2-9-3-4-14-10(5-9)11(8-20-14)15(19)18-6-12(16)13(17)7-18/h3-5,8,12-13H,2,6-7H2,1H3/t12-,13+. The first-order chi connectivity index (χ1) is 9.60. The molecule has 0 N–H and O–H groups in total. The van der Waals surface area contributed by atoms with Gasteiger partial charge in [-0.1, -0.05) is 13.0 Å². The molecular formula is C15H15F2NO2. The van der Waals surface area contributed by atoms with Crippen LogP contribution in [0.25, 0.3) is 11.0 Å². The summed E-state index contributed by atoms with van der Waals surface area (Å²) in [5, 5.41) is 0.701. The van der Waals surface area contributed by atoms with Crippen molar-refractivity contribution in [3.8, 4) is 0 Å². The van der Waals surface area contributed by atoms with Gasteiger partial charge < -0.3 is 9.32 Å². The topological polar surface area (TPSA) is 33.5 Å². The summed E-state index contributed by atoms with van der Waals surface area (Å²) in [7, 11) is 0. The first-order valence-electron chi connectivity index (χ1n) is 6.67. The summed E-state index contributed by atoms with van der Waals surface area (Å²) in [5.74, 6) is -0.375. The second kappa shape index (κ2) is 4.89. The molecule has 0 spiro atoms. The van der Waals surface area contributed by atoms with Gasteiger partial charge in [0.2, 0.25) is 0 Å². The van der Waals surface area contributed by atoms with Gasteiger partial charge in [0.15, 0.2) is 12.3 Å². The molecule has 3 nitrogen and oxygen atoms in total. The van der Waals surface area contributed by atoms with Crippen LogP contribution >= 0.6 is 0 Å². The second-order valence-corrected chi connectivity index (χ2v) is 5.08. The maximum atomic E-state index is 13.2. The molecule has 2 atom stereocenters. The number of hydrogen-bond donors (Lipinski definition) is 0. The minimum atomic E-state index is -1.59. The number of alkyl halides is 2. The molecule has 106 valence electrons. The average molecular weight is 279 g/mol. The SMILES string of the molecule is CCc1ccc2occ(C(=O)N3C[C@@H](F)[C@@H](F)C3)c2c1. The Morgan fingerprint density at radius 3 is 2.70 bits per heavy atom. The predicted molar refractivity (Wildman–Crippen MR) is 71.3 cm³/mol. The molecule has 2 heterocycles. The smallest absolute Gasteiger partial charge is 0.257 e. The summed E-state index contributed by atoms with van der Waals surface area (Å²) in [6.07, 6.45) is -0.977. The number of carbonyl (C=O) groups is 1. The van der Waals surface area contributed by atoms with Gasteiger partial charge in [-0.3, -0.25) is 4.79 Å². The van der Waals surface area contributed by atoms with Gasteiger partial charge in [0.05, 0.1) is 18.7 Å². The number of nitrogens with zero attached hydrogens (tertiary/aromatic N) is 1. The molecule has 0 saturated carbocycles. The minimum Gasteiger partial charge on any atom is -0.463 e. The highest BCUT2D eigenvalue weighted by atomic mass is 19.2. The van der Waals surface area contributed by atoms with Crippen LogP contribution in [0.3, 0.4) is 0 Å². The van der Waals surface area contributed by atoms with Crippen molar-refractivity contribution in [3.63, 3.8) is 0 Å². The number of carbonyl (C=O) groups excluding carboxylic acids is 1. The number of fused-ring (bicyclic) bond motifs is 1. The van der Waals surface area contributed by atoms with E-state index < -0.39 is 12.3 Å². The van der Waals surface area contributed by atoms with Gasteiger partial charge in [0, 0.05) is 5.39 Å². The van der Waals surface area contributed by atoms with E-state index in [0.29, 0.717) is 16.5 Å². The van der Waals surface area contributed by atoms with E-state index in [1.165, 1.54) is 11.2 Å². The summed E-state index contributed by atoms with van der Waals surface area (Å²) < 4.78 is 31.8. The van der Waals surface area contributed by atoms with Crippen LogP contribution in [0.15, 0.2) is 28.9 Å². The highest BCUT2D eigenvalue weighted by molar-refractivity contribution is 6.06. The Bertz CT molecular complexity index is 642. The third-order valence-corrected chi connectivity index (χ3v) is 3.75. The molecule has 0 bridgehead atoms. The van der Waals surface area contributed by atoms with E-state index in [9.17, 15) is 13.6 Å². The molecule has 0 aliphatic carbocycles. The van der Waals surface area contributed by atoms with E-state index in [1.54, 1.807) is 0 Å². The van der Waals surface area contributed by atoms with Crippen molar-refractivity contribution in [2.75, 3.05) is 13.1 Å². The highest BCUT2D eigenvalue weighted by Crippen LogP contribution is 2.26. The van der Waals surface area contributed by atoms with Gasteiger partial charge in [-0.25, -0.2) is 8.78 Å². The lowest BCUT2D eigenvalue weighted by atomic mass is 10.1. The van der Waals surface area contributed by atoms with Gasteiger partial charge in [-0.05, 0) is 24.1 Å². The summed E-state index contributed by atoms with van der Waals surface area (Å²) in [6, 6.07) is 5.64. The van der Waals surface area contributed by atoms with Crippen molar-refractivity contribution in [2.24, 2.45) is 0 Å². The molecular weight excluding hydrogens is 264 g/mol. The molecule has 1 aromatic carbocycles. The van der Waals surface area contributed by atoms with Crippen molar-refractivity contribution >= 4 is 16.9 Å². The lowest BCUT2D eigenvalue weighted by molar-refractivity contribution is 0.0780. The first-order valence-corrected chi connectivity index (χ1v) is 6.67. The van der Waals surface area contributed by atoms with Gasteiger partial charge in [-0.15, -0.1) is 0 Å². The Balaban J connectivity index is 1.95. The summed E-state index contributed by atoms with van der Waals surface area (Å²) >= 11 is 0. The van der Waals surface area contributed by atoms with Gasteiger partial charge in [0.1, 0.15) is 11.8 Å². The zero-order valence-corrected chi connectivity index (χ0v) is 11.1. The fraction of sp³-hybridized carbons (Fsp3) is 0.400. The zero-order valence-electron chi connectivity index (χ0n) is 11.1. The molecule has 1 fully saturated rings. The number of aryl methyl sites for hydroxylation is 1. The number of likely N-dealkylation sites (tertiary alicyclic amines) is 1. The van der Waals surface area contributed by atoms with Crippen molar-refractivity contribution in [3.05, 3.63) is 35.6 Å². The van der Waals surface area contributed by atoms with Gasteiger partial charge in [-0.2, -0.15) is 0 Å². The van der Waals surface area contributed by atoms with Crippen molar-refractivity contribution in [2.45, 2.75) is 25.7 Å². The van der Waals surface area contributed by atoms with E-state index in [0.717, 1.165) is 12.0 Å². The summed E-state index contributed by atoms with van der Waals surface area (Å²) in [6.45, 7) is 1.63. The number of furan rings is 1. The maximum absolute atomic E-state index is 13.2. The number of rotatable bonds is 2. The van der Waals surface area contributed by atoms with Crippen LogP contribution < -0.4 is 0 Å². The van der Waals surface area contributed by atoms with Crippen LogP contribution in [-0.2, 0) is 6.42 Å². The quantitative estimate of drug-likeness (QED) is 0.846. The molecule has 2 aromatic rings. The van der Waals surface area contributed by atoms with Crippen LogP contribution in [0.5, 0.6) is 0 Å². The summed E-state index contributed by atoms with van der Waals surface area (Å²) in [4.78, 5) is 13.6. The van der Waals surface area contributed by atoms with Gasteiger partial charge >= 0.3 is 0 Å². The Morgan fingerprint density at radius 1 is 1.35 bits per heavy atom. The Morgan fingerprint density at radius 2 is 2.05 bits per heavy atom. The first kappa shape index (κ1) is 13.1. The second-order valence-electron chi connectivity index (χ2n) is 5.08. The molecule has 20 heavy (non-hydrogen) atoms. The van der Waals surface area contributed by atoms with Crippen molar-refractivity contribution in [1.82, 2.24) is 4.90 Å². The molecule has 1 aromatic heterocycles. The Labute approximate surface area is 115 Å². The number of hydrogen-bond acceptors (Lipinski definition) is 2. The third kappa shape index (κ3) is 2.07. The van der Waals surface area contributed by atoms with E-state index in [2.05, 4.69) is 0 Å². The number of benzene rings is 1. The molecule has 1 saturated heterocycles. The number of amides is 1.